The van der Waals surface area contributed by atoms with Crippen LogP contribution in [0.1, 0.15) is 52.2 Å². The van der Waals surface area contributed by atoms with Gasteiger partial charge in [-0.05, 0) is 19.8 Å². The molecular weight excluding hydrogens is 379 g/mol. The van der Waals surface area contributed by atoms with Gasteiger partial charge in [0.1, 0.15) is 12.3 Å². The standard InChI is InChI=1S/C15H26N4O.HI/c1-5-16-14(19-8-6-7-9-19)18-11-13-17-10-12(20-13)15(2,3)4;/h10H,5-9,11H2,1-4H3,(H,16,18);1H. The fourth-order valence-electron chi connectivity index (χ4n) is 2.23. The number of nitrogens with zero attached hydrogens (tertiary/aromatic N) is 3. The van der Waals surface area contributed by atoms with E-state index in [-0.39, 0.29) is 29.4 Å². The topological polar surface area (TPSA) is 53.7 Å². The van der Waals surface area contributed by atoms with Gasteiger partial charge in [0.15, 0.2) is 5.96 Å². The van der Waals surface area contributed by atoms with Crippen LogP contribution in [-0.2, 0) is 12.0 Å². The molecule has 5 nitrogen and oxygen atoms in total. The number of oxazole rings is 1. The summed E-state index contributed by atoms with van der Waals surface area (Å²) in [6.07, 6.45) is 4.31. The normalized spacial score (nSPS) is 16.0. The number of hydrogen-bond acceptors (Lipinski definition) is 3. The van der Waals surface area contributed by atoms with Crippen LogP contribution in [-0.4, -0.2) is 35.5 Å². The average molecular weight is 406 g/mol. The van der Waals surface area contributed by atoms with Gasteiger partial charge >= 0.3 is 0 Å². The maximum atomic E-state index is 5.77. The van der Waals surface area contributed by atoms with Gasteiger partial charge in [0, 0.05) is 25.0 Å². The van der Waals surface area contributed by atoms with Gasteiger partial charge in [0.05, 0.1) is 6.20 Å². The van der Waals surface area contributed by atoms with Crippen LogP contribution in [0.5, 0.6) is 0 Å². The van der Waals surface area contributed by atoms with E-state index < -0.39 is 0 Å². The van der Waals surface area contributed by atoms with E-state index in [0.29, 0.717) is 12.4 Å². The summed E-state index contributed by atoms with van der Waals surface area (Å²) in [6, 6.07) is 0. The van der Waals surface area contributed by atoms with Crippen LogP contribution in [0.4, 0.5) is 0 Å². The molecule has 1 N–H and O–H groups in total. The molecule has 0 radical (unpaired) electrons. The SMILES string of the molecule is CCNC(=NCc1ncc(C(C)(C)C)o1)N1CCCC1.I. The summed E-state index contributed by atoms with van der Waals surface area (Å²) < 4.78 is 5.77. The van der Waals surface area contributed by atoms with Crippen LogP contribution in [0.25, 0.3) is 0 Å². The van der Waals surface area contributed by atoms with Crippen molar-refractivity contribution in [2.45, 2.75) is 52.5 Å². The molecule has 0 aromatic carbocycles. The third kappa shape index (κ3) is 5.16. The molecule has 2 heterocycles. The molecule has 2 rings (SSSR count). The number of aliphatic imine (C=N–C) groups is 1. The van der Waals surface area contributed by atoms with Crippen molar-refractivity contribution >= 4 is 29.9 Å². The number of halogens is 1. The number of hydrogen-bond donors (Lipinski definition) is 1. The zero-order chi connectivity index (χ0) is 14.6. The third-order valence-corrected chi connectivity index (χ3v) is 3.40. The van der Waals surface area contributed by atoms with Gasteiger partial charge < -0.3 is 14.6 Å². The lowest BCUT2D eigenvalue weighted by molar-refractivity contribution is 0.382. The molecule has 6 heteroatoms. The quantitative estimate of drug-likeness (QED) is 0.476. The van der Waals surface area contributed by atoms with E-state index in [2.05, 4.69) is 47.9 Å². The van der Waals surface area contributed by atoms with Gasteiger partial charge in [-0.1, -0.05) is 20.8 Å². The molecule has 0 aliphatic carbocycles. The van der Waals surface area contributed by atoms with Crippen molar-refractivity contribution in [2.75, 3.05) is 19.6 Å². The Morgan fingerprint density at radius 1 is 1.38 bits per heavy atom. The van der Waals surface area contributed by atoms with E-state index in [1.807, 2.05) is 6.20 Å². The van der Waals surface area contributed by atoms with Crippen LogP contribution >= 0.6 is 24.0 Å². The van der Waals surface area contributed by atoms with E-state index >= 15 is 0 Å². The lowest BCUT2D eigenvalue weighted by atomic mass is 9.94. The van der Waals surface area contributed by atoms with E-state index in [0.717, 1.165) is 31.4 Å². The van der Waals surface area contributed by atoms with Gasteiger partial charge in [-0.2, -0.15) is 0 Å². The van der Waals surface area contributed by atoms with Crippen molar-refractivity contribution < 1.29 is 4.42 Å². The molecule has 0 saturated carbocycles. The molecule has 0 atom stereocenters. The van der Waals surface area contributed by atoms with Gasteiger partial charge in [-0.15, -0.1) is 24.0 Å². The highest BCUT2D eigenvalue weighted by molar-refractivity contribution is 14.0. The van der Waals surface area contributed by atoms with E-state index in [1.165, 1.54) is 12.8 Å². The number of rotatable bonds is 3. The Morgan fingerprint density at radius 2 is 2.05 bits per heavy atom. The molecule has 1 fully saturated rings. The Labute approximate surface area is 144 Å². The maximum absolute atomic E-state index is 5.77. The van der Waals surface area contributed by atoms with Crippen molar-refractivity contribution in [1.29, 1.82) is 0 Å². The number of aromatic nitrogens is 1. The molecule has 0 amide bonds. The molecule has 0 unspecified atom stereocenters. The first kappa shape index (κ1) is 18.3. The third-order valence-electron chi connectivity index (χ3n) is 3.40. The van der Waals surface area contributed by atoms with Crippen LogP contribution in [0.3, 0.4) is 0 Å². The molecule has 1 aromatic rings. The molecule has 1 aromatic heterocycles. The second kappa shape index (κ2) is 8.00. The largest absolute Gasteiger partial charge is 0.443 e. The smallest absolute Gasteiger partial charge is 0.216 e. The summed E-state index contributed by atoms with van der Waals surface area (Å²) in [5.41, 5.74) is -0.00554. The van der Waals surface area contributed by atoms with Gasteiger partial charge in [0.25, 0.3) is 0 Å². The molecule has 1 saturated heterocycles. The predicted octanol–water partition coefficient (Wildman–Crippen LogP) is 3.15. The monoisotopic (exact) mass is 406 g/mol. The lowest BCUT2D eigenvalue weighted by Crippen LogP contribution is -2.39. The zero-order valence-corrected chi connectivity index (χ0v) is 15.8. The zero-order valence-electron chi connectivity index (χ0n) is 13.5. The number of nitrogens with one attached hydrogen (secondary N) is 1. The molecule has 1 aliphatic heterocycles. The summed E-state index contributed by atoms with van der Waals surface area (Å²) in [5, 5.41) is 3.34. The van der Waals surface area contributed by atoms with Crippen LogP contribution < -0.4 is 5.32 Å². The minimum absolute atomic E-state index is 0. The fraction of sp³-hybridized carbons (Fsp3) is 0.733. The summed E-state index contributed by atoms with van der Waals surface area (Å²) in [4.78, 5) is 11.3. The van der Waals surface area contributed by atoms with Crippen molar-refractivity contribution in [3.8, 4) is 0 Å². The maximum Gasteiger partial charge on any atom is 0.216 e. The minimum Gasteiger partial charge on any atom is -0.443 e. The summed E-state index contributed by atoms with van der Waals surface area (Å²) in [7, 11) is 0. The number of likely N-dealkylation sites (tertiary alicyclic amines) is 1. The Balaban J connectivity index is 0.00000220. The predicted molar refractivity (Wildman–Crippen MR) is 96.2 cm³/mol. The highest BCUT2D eigenvalue weighted by atomic mass is 127. The first-order valence-corrected chi connectivity index (χ1v) is 7.49. The van der Waals surface area contributed by atoms with Crippen LogP contribution in [0.2, 0.25) is 0 Å². The first-order chi connectivity index (χ1) is 9.50. The second-order valence-electron chi connectivity index (χ2n) is 6.23. The van der Waals surface area contributed by atoms with E-state index in [9.17, 15) is 0 Å². The van der Waals surface area contributed by atoms with Crippen LogP contribution in [0.15, 0.2) is 15.6 Å². The Kier molecular flexibility index (Phi) is 6.96. The fourth-order valence-corrected chi connectivity index (χ4v) is 2.23. The van der Waals surface area contributed by atoms with Crippen molar-refractivity contribution in [1.82, 2.24) is 15.2 Å². The Morgan fingerprint density at radius 3 is 2.57 bits per heavy atom. The van der Waals surface area contributed by atoms with Crippen molar-refractivity contribution in [2.24, 2.45) is 4.99 Å². The highest BCUT2D eigenvalue weighted by Crippen LogP contribution is 2.22. The first-order valence-electron chi connectivity index (χ1n) is 7.49. The van der Waals surface area contributed by atoms with E-state index in [1.54, 1.807) is 0 Å². The minimum atomic E-state index is -0.00554. The Hall–Kier alpha value is -0.790. The van der Waals surface area contributed by atoms with Gasteiger partial charge in [0.2, 0.25) is 5.89 Å². The second-order valence-corrected chi connectivity index (χ2v) is 6.23. The molecule has 1 aliphatic rings. The summed E-state index contributed by atoms with van der Waals surface area (Å²) in [5.74, 6) is 2.57. The Bertz CT molecular complexity index is 458. The van der Waals surface area contributed by atoms with Gasteiger partial charge in [-0.3, -0.25) is 0 Å². The lowest BCUT2D eigenvalue weighted by Gasteiger charge is -2.20. The number of guanidine groups is 1. The molecule has 0 spiro atoms. The average Bonchev–Trinajstić information content (AvgIpc) is 3.04. The van der Waals surface area contributed by atoms with Crippen molar-refractivity contribution in [3.63, 3.8) is 0 Å². The van der Waals surface area contributed by atoms with Gasteiger partial charge in [-0.25, -0.2) is 9.98 Å². The molecule has 0 bridgehead atoms. The highest BCUT2D eigenvalue weighted by Gasteiger charge is 2.19. The van der Waals surface area contributed by atoms with E-state index in [4.69, 9.17) is 4.42 Å². The van der Waals surface area contributed by atoms with Crippen molar-refractivity contribution in [3.05, 3.63) is 17.8 Å². The summed E-state index contributed by atoms with van der Waals surface area (Å²) >= 11 is 0. The molecular formula is C15H27IN4O. The summed E-state index contributed by atoms with van der Waals surface area (Å²) in [6.45, 7) is 12.0. The molecule has 21 heavy (non-hydrogen) atoms. The van der Waals surface area contributed by atoms with Crippen LogP contribution in [0, 0.1) is 0 Å². The molecule has 120 valence electrons.